The van der Waals surface area contributed by atoms with E-state index in [2.05, 4.69) is 67.4 Å². The van der Waals surface area contributed by atoms with Gasteiger partial charge in [0, 0.05) is 31.0 Å². The van der Waals surface area contributed by atoms with Crippen LogP contribution < -0.4 is 10.2 Å². The molecule has 0 saturated carbocycles. The van der Waals surface area contributed by atoms with Crippen LogP contribution in [0.4, 0.5) is 11.4 Å². The van der Waals surface area contributed by atoms with Gasteiger partial charge in [0.15, 0.2) is 0 Å². The third kappa shape index (κ3) is 2.90. The molecule has 0 aliphatic carbocycles. The van der Waals surface area contributed by atoms with E-state index in [0.29, 0.717) is 0 Å². The van der Waals surface area contributed by atoms with E-state index in [1.807, 2.05) is 0 Å². The van der Waals surface area contributed by atoms with Gasteiger partial charge >= 0.3 is 0 Å². The summed E-state index contributed by atoms with van der Waals surface area (Å²) in [6.07, 6.45) is 1.18. The first-order valence-corrected chi connectivity index (χ1v) is 7.80. The van der Waals surface area contributed by atoms with E-state index >= 15 is 0 Å². The van der Waals surface area contributed by atoms with Crippen LogP contribution in [-0.2, 0) is 6.42 Å². The van der Waals surface area contributed by atoms with E-state index in [-0.39, 0.29) is 0 Å². The van der Waals surface area contributed by atoms with Crippen LogP contribution in [0.3, 0.4) is 0 Å². The molecule has 2 nitrogen and oxygen atoms in total. The quantitative estimate of drug-likeness (QED) is 0.907. The molecule has 0 unspecified atom stereocenters. The Hall–Kier alpha value is -1.96. The lowest BCUT2D eigenvalue weighted by molar-refractivity contribution is 0.838. The fourth-order valence-electron chi connectivity index (χ4n) is 3.41. The molecule has 2 aromatic carbocycles. The summed E-state index contributed by atoms with van der Waals surface area (Å²) < 4.78 is 0. The molecule has 0 spiro atoms. The van der Waals surface area contributed by atoms with E-state index in [4.69, 9.17) is 0 Å². The van der Waals surface area contributed by atoms with Crippen molar-refractivity contribution in [3.63, 3.8) is 0 Å². The van der Waals surface area contributed by atoms with Gasteiger partial charge in [-0.25, -0.2) is 0 Å². The highest BCUT2D eigenvalue weighted by Crippen LogP contribution is 2.27. The van der Waals surface area contributed by atoms with Crippen LogP contribution in [0.5, 0.6) is 0 Å². The molecule has 2 heteroatoms. The lowest BCUT2D eigenvalue weighted by Crippen LogP contribution is -2.27. The Balaban J connectivity index is 1.63. The number of nitrogens with zero attached hydrogens (tertiary/aromatic N) is 1. The molecule has 110 valence electrons. The third-order valence-corrected chi connectivity index (χ3v) is 4.34. The minimum atomic E-state index is 0.985. The van der Waals surface area contributed by atoms with Crippen molar-refractivity contribution in [2.45, 2.75) is 27.2 Å². The molecule has 1 aliphatic rings. The van der Waals surface area contributed by atoms with Crippen molar-refractivity contribution in [2.24, 2.45) is 0 Å². The van der Waals surface area contributed by atoms with Crippen LogP contribution in [-0.4, -0.2) is 19.6 Å². The highest BCUT2D eigenvalue weighted by atomic mass is 15.2. The monoisotopic (exact) mass is 280 g/mol. The van der Waals surface area contributed by atoms with Crippen molar-refractivity contribution >= 4 is 11.4 Å². The summed E-state index contributed by atoms with van der Waals surface area (Å²) in [7, 11) is 0. The molecule has 1 heterocycles. The first kappa shape index (κ1) is 14.0. The maximum Gasteiger partial charge on any atom is 0.0400 e. The van der Waals surface area contributed by atoms with E-state index in [9.17, 15) is 0 Å². The van der Waals surface area contributed by atoms with Crippen LogP contribution in [0.25, 0.3) is 0 Å². The maximum atomic E-state index is 3.62. The van der Waals surface area contributed by atoms with Crippen LogP contribution in [0.2, 0.25) is 0 Å². The van der Waals surface area contributed by atoms with E-state index in [1.165, 1.54) is 40.0 Å². The molecule has 0 radical (unpaired) electrons. The highest BCUT2D eigenvalue weighted by Gasteiger charge is 2.17. The summed E-state index contributed by atoms with van der Waals surface area (Å²) in [6, 6.07) is 13.3. The molecule has 2 aromatic rings. The van der Waals surface area contributed by atoms with Gasteiger partial charge in [-0.05, 0) is 49.9 Å². The Morgan fingerprint density at radius 3 is 2.52 bits per heavy atom. The third-order valence-electron chi connectivity index (χ3n) is 4.34. The Kier molecular flexibility index (Phi) is 3.87. The zero-order valence-corrected chi connectivity index (χ0v) is 13.2. The van der Waals surface area contributed by atoms with Crippen molar-refractivity contribution in [1.29, 1.82) is 0 Å². The summed E-state index contributed by atoms with van der Waals surface area (Å²) >= 11 is 0. The molecule has 0 saturated heterocycles. The van der Waals surface area contributed by atoms with E-state index in [0.717, 1.165) is 19.6 Å². The summed E-state index contributed by atoms with van der Waals surface area (Å²) in [6.45, 7) is 9.72. The van der Waals surface area contributed by atoms with Gasteiger partial charge in [-0.2, -0.15) is 0 Å². The molecule has 0 amide bonds. The molecule has 0 atom stereocenters. The van der Waals surface area contributed by atoms with Crippen LogP contribution in [0.1, 0.15) is 22.3 Å². The van der Waals surface area contributed by atoms with Gasteiger partial charge in [0.1, 0.15) is 0 Å². The molecular formula is C19H24N2. The second-order valence-corrected chi connectivity index (χ2v) is 6.07. The summed E-state index contributed by atoms with van der Waals surface area (Å²) in [4.78, 5) is 2.49. The molecule has 3 rings (SSSR count). The topological polar surface area (TPSA) is 15.3 Å². The van der Waals surface area contributed by atoms with Gasteiger partial charge in [0.05, 0.1) is 0 Å². The number of benzene rings is 2. The van der Waals surface area contributed by atoms with Crippen LogP contribution in [0.15, 0.2) is 36.4 Å². The number of rotatable bonds is 4. The van der Waals surface area contributed by atoms with Crippen LogP contribution >= 0.6 is 0 Å². The summed E-state index contributed by atoms with van der Waals surface area (Å²) in [5.41, 5.74) is 8.22. The normalized spacial score (nSPS) is 13.4. The lowest BCUT2D eigenvalue weighted by atomic mass is 10.1. The average molecular weight is 280 g/mol. The predicted molar refractivity (Wildman–Crippen MR) is 91.5 cm³/mol. The Morgan fingerprint density at radius 2 is 1.76 bits per heavy atom. The summed E-state index contributed by atoms with van der Waals surface area (Å²) in [5, 5.41) is 3.62. The maximum absolute atomic E-state index is 3.62. The molecule has 21 heavy (non-hydrogen) atoms. The van der Waals surface area contributed by atoms with E-state index < -0.39 is 0 Å². The standard InChI is InChI=1S/C19H24N2/c1-14-12-15(2)19(16(3)13-14)20-9-11-21-10-8-17-6-4-5-7-18(17)21/h4-7,12-13,20H,8-11H2,1-3H3. The van der Waals surface area contributed by atoms with Gasteiger partial charge in [0.2, 0.25) is 0 Å². The van der Waals surface area contributed by atoms with Gasteiger partial charge < -0.3 is 10.2 Å². The Labute approximate surface area is 127 Å². The minimum Gasteiger partial charge on any atom is -0.383 e. The zero-order chi connectivity index (χ0) is 14.8. The number of anilines is 2. The first-order valence-electron chi connectivity index (χ1n) is 7.80. The van der Waals surface area contributed by atoms with Crippen molar-refractivity contribution in [2.75, 3.05) is 29.9 Å². The number of nitrogens with one attached hydrogen (secondary N) is 1. The smallest absolute Gasteiger partial charge is 0.0400 e. The summed E-state index contributed by atoms with van der Waals surface area (Å²) in [5.74, 6) is 0. The van der Waals surface area contributed by atoms with Crippen LogP contribution in [0, 0.1) is 20.8 Å². The number of hydrogen-bond acceptors (Lipinski definition) is 2. The number of fused-ring (bicyclic) bond motifs is 1. The number of aryl methyl sites for hydroxylation is 3. The largest absolute Gasteiger partial charge is 0.383 e. The number of hydrogen-bond donors (Lipinski definition) is 1. The molecule has 1 aliphatic heterocycles. The molecule has 1 N–H and O–H groups in total. The average Bonchev–Trinajstić information content (AvgIpc) is 2.85. The second-order valence-electron chi connectivity index (χ2n) is 6.07. The van der Waals surface area contributed by atoms with Gasteiger partial charge in [-0.15, -0.1) is 0 Å². The predicted octanol–water partition coefficient (Wildman–Crippen LogP) is 4.09. The van der Waals surface area contributed by atoms with Crippen molar-refractivity contribution < 1.29 is 0 Å². The van der Waals surface area contributed by atoms with Gasteiger partial charge in [-0.1, -0.05) is 35.9 Å². The lowest BCUT2D eigenvalue weighted by Gasteiger charge is -2.21. The molecule has 0 aromatic heterocycles. The van der Waals surface area contributed by atoms with Gasteiger partial charge in [0.25, 0.3) is 0 Å². The van der Waals surface area contributed by atoms with Crippen molar-refractivity contribution in [3.05, 3.63) is 58.7 Å². The fraction of sp³-hybridized carbons (Fsp3) is 0.368. The minimum absolute atomic E-state index is 0.985. The molecule has 0 fully saturated rings. The van der Waals surface area contributed by atoms with Crippen molar-refractivity contribution in [3.8, 4) is 0 Å². The van der Waals surface area contributed by atoms with Crippen molar-refractivity contribution in [1.82, 2.24) is 0 Å². The molecule has 0 bridgehead atoms. The first-order chi connectivity index (χ1) is 10.1. The molecular weight excluding hydrogens is 256 g/mol. The number of para-hydroxylation sites is 1. The second kappa shape index (κ2) is 5.80. The zero-order valence-electron chi connectivity index (χ0n) is 13.2. The van der Waals surface area contributed by atoms with E-state index in [1.54, 1.807) is 0 Å². The Morgan fingerprint density at radius 1 is 1.05 bits per heavy atom. The Bertz CT molecular complexity index is 623. The SMILES string of the molecule is Cc1cc(C)c(NCCN2CCc3ccccc32)c(C)c1. The fourth-order valence-corrected chi connectivity index (χ4v) is 3.41. The highest BCUT2D eigenvalue weighted by molar-refractivity contribution is 5.60. The van der Waals surface area contributed by atoms with Gasteiger partial charge in [-0.3, -0.25) is 0 Å².